The molecule has 0 aromatic carbocycles. The van der Waals surface area contributed by atoms with Crippen molar-refractivity contribution in [2.45, 2.75) is 32.1 Å². The Kier molecular flexibility index (Phi) is 3.59. The molecule has 0 radical (unpaired) electrons. The second-order valence-electron chi connectivity index (χ2n) is 5.23. The summed E-state index contributed by atoms with van der Waals surface area (Å²) in [5, 5.41) is 11.9. The minimum Gasteiger partial charge on any atom is -0.262 e. The van der Waals surface area contributed by atoms with Crippen molar-refractivity contribution >= 4 is 9.84 Å². The van der Waals surface area contributed by atoms with Crippen LogP contribution < -0.4 is 0 Å². The lowest BCUT2D eigenvalue weighted by atomic mass is 10.2. The maximum absolute atomic E-state index is 11.7. The fourth-order valence-corrected chi connectivity index (χ4v) is 2.00. The summed E-state index contributed by atoms with van der Waals surface area (Å²) >= 11 is 0. The molecule has 0 aliphatic heterocycles. The van der Waals surface area contributed by atoms with Crippen molar-refractivity contribution < 1.29 is 8.42 Å². The van der Waals surface area contributed by atoms with Crippen LogP contribution in [0.5, 0.6) is 0 Å². The van der Waals surface area contributed by atoms with Crippen molar-refractivity contribution in [3.63, 3.8) is 0 Å². The summed E-state index contributed by atoms with van der Waals surface area (Å²) in [6.07, 6.45) is 2.88. The van der Waals surface area contributed by atoms with E-state index in [-0.39, 0.29) is 5.82 Å². The highest BCUT2D eigenvalue weighted by molar-refractivity contribution is 7.91. The lowest BCUT2D eigenvalue weighted by Crippen LogP contribution is -2.29. The Bertz CT molecular complexity index is 721. The first-order valence-corrected chi connectivity index (χ1v) is 7.99. The van der Waals surface area contributed by atoms with Gasteiger partial charge in [-0.2, -0.15) is 4.80 Å². The maximum atomic E-state index is 11.7. The number of nitrogens with zero attached hydrogens (tertiary/aromatic N) is 5. The van der Waals surface area contributed by atoms with Crippen molar-refractivity contribution in [2.24, 2.45) is 0 Å². The minimum atomic E-state index is -3.31. The molecule has 8 heteroatoms. The average Bonchev–Trinajstić information content (AvgIpc) is 2.76. The summed E-state index contributed by atoms with van der Waals surface area (Å²) in [4.78, 5) is 5.50. The van der Waals surface area contributed by atoms with Gasteiger partial charge in [0.05, 0.1) is 6.54 Å². The molecule has 0 aliphatic carbocycles. The van der Waals surface area contributed by atoms with E-state index in [1.54, 1.807) is 20.0 Å². The molecule has 0 saturated heterocycles. The van der Waals surface area contributed by atoms with Crippen molar-refractivity contribution in [3.05, 3.63) is 35.4 Å². The highest BCUT2D eigenvalue weighted by Crippen LogP contribution is 2.24. The summed E-state index contributed by atoms with van der Waals surface area (Å²) in [5.41, 5.74) is 1.89. The standard InChI is InChI=1S/C12H17N5O2S/c1-9-7-10(5-6-13-9)8-17-15-11(14-16-17)12(2,3)20(4,18)19/h5-7H,8H2,1-4H3. The van der Waals surface area contributed by atoms with Crippen LogP contribution in [-0.2, 0) is 21.1 Å². The zero-order chi connectivity index (χ0) is 15.0. The van der Waals surface area contributed by atoms with Gasteiger partial charge in [-0.15, -0.1) is 10.2 Å². The van der Waals surface area contributed by atoms with Crippen molar-refractivity contribution in [3.8, 4) is 0 Å². The third-order valence-corrected chi connectivity index (χ3v) is 5.24. The van der Waals surface area contributed by atoms with Gasteiger partial charge >= 0.3 is 0 Å². The van der Waals surface area contributed by atoms with Gasteiger partial charge in [0.2, 0.25) is 0 Å². The van der Waals surface area contributed by atoms with Gasteiger partial charge in [0.15, 0.2) is 15.7 Å². The van der Waals surface area contributed by atoms with Crippen LogP contribution in [-0.4, -0.2) is 39.9 Å². The van der Waals surface area contributed by atoms with Gasteiger partial charge in [-0.3, -0.25) is 4.98 Å². The van der Waals surface area contributed by atoms with Gasteiger partial charge in [-0.25, -0.2) is 8.42 Å². The zero-order valence-electron chi connectivity index (χ0n) is 11.9. The SMILES string of the molecule is Cc1cc(Cn2nnc(C(C)(C)S(C)(=O)=O)n2)ccn1. The van der Waals surface area contributed by atoms with Crippen molar-refractivity contribution in [2.75, 3.05) is 6.26 Å². The summed E-state index contributed by atoms with van der Waals surface area (Å²) < 4.78 is 22.3. The molecular formula is C12H17N5O2S. The quantitative estimate of drug-likeness (QED) is 0.825. The lowest BCUT2D eigenvalue weighted by molar-refractivity contribution is 0.541. The molecule has 0 bridgehead atoms. The monoisotopic (exact) mass is 295 g/mol. The molecule has 0 N–H and O–H groups in total. The van der Waals surface area contributed by atoms with E-state index in [0.717, 1.165) is 11.3 Å². The Hall–Kier alpha value is -1.83. The smallest absolute Gasteiger partial charge is 0.195 e. The van der Waals surface area contributed by atoms with Gasteiger partial charge in [0, 0.05) is 18.1 Å². The zero-order valence-corrected chi connectivity index (χ0v) is 12.7. The molecule has 20 heavy (non-hydrogen) atoms. The van der Waals surface area contributed by atoms with Crippen molar-refractivity contribution in [1.29, 1.82) is 0 Å². The Morgan fingerprint density at radius 1 is 1.35 bits per heavy atom. The molecule has 2 heterocycles. The van der Waals surface area contributed by atoms with Gasteiger partial charge in [0.1, 0.15) is 4.75 Å². The number of tetrazole rings is 1. The molecule has 0 spiro atoms. The molecule has 0 saturated carbocycles. The van der Waals surface area contributed by atoms with Gasteiger partial charge in [0.25, 0.3) is 0 Å². The Balaban J connectivity index is 2.26. The lowest BCUT2D eigenvalue weighted by Gasteiger charge is -2.17. The summed E-state index contributed by atoms with van der Waals surface area (Å²) in [7, 11) is -3.31. The van der Waals surface area contributed by atoms with E-state index in [1.165, 1.54) is 11.1 Å². The second-order valence-corrected chi connectivity index (χ2v) is 7.80. The van der Waals surface area contributed by atoms with E-state index >= 15 is 0 Å². The predicted octanol–water partition coefficient (Wildman–Crippen LogP) is 0.705. The minimum absolute atomic E-state index is 0.200. The molecule has 0 aliphatic rings. The third-order valence-electron chi connectivity index (χ3n) is 3.20. The van der Waals surface area contributed by atoms with E-state index < -0.39 is 14.6 Å². The fraction of sp³-hybridized carbons (Fsp3) is 0.500. The first-order valence-electron chi connectivity index (χ1n) is 6.09. The van der Waals surface area contributed by atoms with Gasteiger partial charge in [-0.05, 0) is 43.7 Å². The molecule has 0 atom stereocenters. The number of sulfone groups is 1. The molecule has 0 unspecified atom stereocenters. The van der Waals surface area contributed by atoms with Crippen LogP contribution in [0.1, 0.15) is 30.9 Å². The highest BCUT2D eigenvalue weighted by atomic mass is 32.2. The van der Waals surface area contributed by atoms with Crippen LogP contribution in [0.4, 0.5) is 0 Å². The molecule has 2 aromatic rings. The van der Waals surface area contributed by atoms with Crippen LogP contribution in [0, 0.1) is 6.92 Å². The average molecular weight is 295 g/mol. The van der Waals surface area contributed by atoms with Gasteiger partial charge in [-0.1, -0.05) is 0 Å². The molecule has 0 fully saturated rings. The van der Waals surface area contributed by atoms with Crippen LogP contribution in [0.3, 0.4) is 0 Å². The third kappa shape index (κ3) is 2.84. The normalized spacial score (nSPS) is 12.6. The molecular weight excluding hydrogens is 278 g/mol. The van der Waals surface area contributed by atoms with Crippen molar-refractivity contribution in [1.82, 2.24) is 25.2 Å². The van der Waals surface area contributed by atoms with Crippen LogP contribution in [0.25, 0.3) is 0 Å². The van der Waals surface area contributed by atoms with E-state index in [4.69, 9.17) is 0 Å². The number of pyridine rings is 1. The second kappa shape index (κ2) is 4.93. The molecule has 0 amide bonds. The van der Waals surface area contributed by atoms with E-state index in [2.05, 4.69) is 20.4 Å². The van der Waals surface area contributed by atoms with Crippen LogP contribution in [0.15, 0.2) is 18.3 Å². The summed E-state index contributed by atoms with van der Waals surface area (Å²) in [5.74, 6) is 0.200. The van der Waals surface area contributed by atoms with Crippen LogP contribution in [0.2, 0.25) is 0 Å². The highest BCUT2D eigenvalue weighted by Gasteiger charge is 2.37. The molecule has 2 rings (SSSR count). The van der Waals surface area contributed by atoms with Gasteiger partial charge < -0.3 is 0 Å². The topological polar surface area (TPSA) is 90.6 Å². The maximum Gasteiger partial charge on any atom is 0.195 e. The number of aromatic nitrogens is 5. The van der Waals surface area contributed by atoms with Crippen LogP contribution >= 0.6 is 0 Å². The largest absolute Gasteiger partial charge is 0.262 e. The van der Waals surface area contributed by atoms with E-state index in [9.17, 15) is 8.42 Å². The number of hydrogen-bond donors (Lipinski definition) is 0. The Morgan fingerprint density at radius 3 is 2.65 bits per heavy atom. The number of rotatable bonds is 4. The molecule has 108 valence electrons. The summed E-state index contributed by atoms with van der Waals surface area (Å²) in [6, 6.07) is 3.78. The summed E-state index contributed by atoms with van der Waals surface area (Å²) in [6.45, 7) is 5.47. The first-order chi connectivity index (χ1) is 9.20. The fourth-order valence-electron chi connectivity index (χ4n) is 1.58. The van der Waals surface area contributed by atoms with E-state index in [0.29, 0.717) is 6.54 Å². The number of hydrogen-bond acceptors (Lipinski definition) is 6. The molecule has 7 nitrogen and oxygen atoms in total. The predicted molar refractivity (Wildman–Crippen MR) is 73.8 cm³/mol. The van der Waals surface area contributed by atoms with E-state index in [1.807, 2.05) is 19.1 Å². The Morgan fingerprint density at radius 2 is 2.05 bits per heavy atom. The number of aryl methyl sites for hydroxylation is 1. The molecule has 2 aromatic heterocycles. The first kappa shape index (κ1) is 14.6. The Labute approximate surface area is 118 Å².